The molecule has 6 rings (SSSR count). The Bertz CT molecular complexity index is 1740. The van der Waals surface area contributed by atoms with E-state index in [4.69, 9.17) is 5.73 Å². The minimum absolute atomic E-state index is 0.0170. The maximum atomic E-state index is 13.6. The number of anilines is 2. The SMILES string of the molecule is Cn1cc(-c2ccc(NC(=O)c3cc4c(n(-c5ccccc5)c3=O)CCCC4O)cc2)c2c(N)ncnc21. The monoisotopic (exact) mass is 506 g/mol. The van der Waals surface area contributed by atoms with Gasteiger partial charge in [-0.15, -0.1) is 0 Å². The van der Waals surface area contributed by atoms with Gasteiger partial charge in [0.05, 0.1) is 11.5 Å². The zero-order valence-electron chi connectivity index (χ0n) is 20.8. The van der Waals surface area contributed by atoms with E-state index >= 15 is 0 Å². The number of carbonyl (C=O) groups excluding carboxylic acids is 1. The lowest BCUT2D eigenvalue weighted by Crippen LogP contribution is -2.33. The van der Waals surface area contributed by atoms with Crippen molar-refractivity contribution < 1.29 is 9.90 Å². The maximum Gasteiger partial charge on any atom is 0.268 e. The topological polar surface area (TPSA) is 128 Å². The second kappa shape index (κ2) is 9.28. The Hall–Kier alpha value is -4.76. The second-order valence-corrected chi connectivity index (χ2v) is 9.49. The van der Waals surface area contributed by atoms with Crippen LogP contribution in [0.4, 0.5) is 11.5 Å². The van der Waals surface area contributed by atoms with Crippen molar-refractivity contribution in [2.45, 2.75) is 25.4 Å². The fraction of sp³-hybridized carbons (Fsp3) is 0.172. The van der Waals surface area contributed by atoms with Gasteiger partial charge >= 0.3 is 0 Å². The molecule has 2 aromatic carbocycles. The number of hydrogen-bond acceptors (Lipinski definition) is 6. The van der Waals surface area contributed by atoms with E-state index in [1.165, 1.54) is 6.33 Å². The van der Waals surface area contributed by atoms with Crippen molar-refractivity contribution in [3.05, 3.63) is 100 Å². The molecule has 9 nitrogen and oxygen atoms in total. The van der Waals surface area contributed by atoms with Gasteiger partial charge in [-0.2, -0.15) is 0 Å². The summed E-state index contributed by atoms with van der Waals surface area (Å²) in [6.07, 6.45) is 4.67. The van der Waals surface area contributed by atoms with E-state index in [0.717, 1.165) is 34.3 Å². The molecule has 0 bridgehead atoms. The number of nitrogen functional groups attached to an aromatic ring is 1. The molecule has 3 aromatic heterocycles. The first-order chi connectivity index (χ1) is 18.4. The predicted molar refractivity (Wildman–Crippen MR) is 146 cm³/mol. The Morgan fingerprint density at radius 2 is 1.87 bits per heavy atom. The van der Waals surface area contributed by atoms with Crippen LogP contribution in [-0.2, 0) is 13.5 Å². The van der Waals surface area contributed by atoms with Gasteiger partial charge in [-0.25, -0.2) is 9.97 Å². The van der Waals surface area contributed by atoms with Crippen molar-refractivity contribution in [3.8, 4) is 16.8 Å². The highest BCUT2D eigenvalue weighted by molar-refractivity contribution is 6.05. The number of pyridine rings is 1. The van der Waals surface area contributed by atoms with Crippen LogP contribution < -0.4 is 16.6 Å². The number of aromatic nitrogens is 4. The van der Waals surface area contributed by atoms with E-state index in [9.17, 15) is 14.7 Å². The second-order valence-electron chi connectivity index (χ2n) is 9.49. The quantitative estimate of drug-likeness (QED) is 0.338. The molecule has 0 fully saturated rings. The van der Waals surface area contributed by atoms with Gasteiger partial charge in [-0.05, 0) is 55.2 Å². The number of carbonyl (C=O) groups is 1. The molecule has 1 aliphatic rings. The lowest BCUT2D eigenvalue weighted by Gasteiger charge is -2.26. The summed E-state index contributed by atoms with van der Waals surface area (Å²) in [4.78, 5) is 35.4. The number of amides is 1. The molecule has 38 heavy (non-hydrogen) atoms. The van der Waals surface area contributed by atoms with Crippen molar-refractivity contribution >= 4 is 28.4 Å². The van der Waals surface area contributed by atoms with Gasteiger partial charge in [0.2, 0.25) is 0 Å². The molecule has 9 heteroatoms. The summed E-state index contributed by atoms with van der Waals surface area (Å²) in [5.41, 5.74) is 10.8. The van der Waals surface area contributed by atoms with Gasteiger partial charge < -0.3 is 20.7 Å². The number of aliphatic hydroxyl groups excluding tert-OH is 1. The molecule has 3 heterocycles. The number of nitrogens with one attached hydrogen (secondary N) is 1. The molecule has 4 N–H and O–H groups in total. The van der Waals surface area contributed by atoms with Crippen LogP contribution in [0.5, 0.6) is 0 Å². The molecular weight excluding hydrogens is 480 g/mol. The summed E-state index contributed by atoms with van der Waals surface area (Å²) < 4.78 is 3.45. The van der Waals surface area contributed by atoms with Crippen LogP contribution in [0.15, 0.2) is 78.0 Å². The van der Waals surface area contributed by atoms with Crippen molar-refractivity contribution in [2.75, 3.05) is 11.1 Å². The Morgan fingerprint density at radius 1 is 1.11 bits per heavy atom. The lowest BCUT2D eigenvalue weighted by atomic mass is 9.91. The third-order valence-corrected chi connectivity index (χ3v) is 7.08. The molecule has 0 spiro atoms. The summed E-state index contributed by atoms with van der Waals surface area (Å²) in [6, 6.07) is 18.0. The molecule has 1 unspecified atom stereocenters. The first kappa shape index (κ1) is 23.6. The van der Waals surface area contributed by atoms with Gasteiger partial charge in [0.25, 0.3) is 11.5 Å². The van der Waals surface area contributed by atoms with Gasteiger partial charge in [0.15, 0.2) is 0 Å². The number of nitrogens with two attached hydrogens (primary N) is 1. The summed E-state index contributed by atoms with van der Waals surface area (Å²) >= 11 is 0. The number of nitrogens with zero attached hydrogens (tertiary/aromatic N) is 4. The molecule has 1 atom stereocenters. The highest BCUT2D eigenvalue weighted by Crippen LogP contribution is 2.33. The first-order valence-corrected chi connectivity index (χ1v) is 12.4. The molecule has 0 saturated heterocycles. The van der Waals surface area contributed by atoms with E-state index in [2.05, 4.69) is 15.3 Å². The van der Waals surface area contributed by atoms with Crippen LogP contribution in [-0.4, -0.2) is 30.1 Å². The average Bonchev–Trinajstić information content (AvgIpc) is 3.27. The molecule has 5 aromatic rings. The summed E-state index contributed by atoms with van der Waals surface area (Å²) in [5, 5.41) is 14.3. The zero-order chi connectivity index (χ0) is 26.4. The number of rotatable bonds is 4. The molecule has 0 aliphatic heterocycles. The molecule has 1 aliphatic carbocycles. The van der Waals surface area contributed by atoms with Crippen LogP contribution >= 0.6 is 0 Å². The van der Waals surface area contributed by atoms with Crippen LogP contribution in [0.1, 0.15) is 40.6 Å². The third-order valence-electron chi connectivity index (χ3n) is 7.08. The average molecular weight is 507 g/mol. The van der Waals surface area contributed by atoms with Crippen LogP contribution in [0.2, 0.25) is 0 Å². The number of aryl methyl sites for hydroxylation is 1. The predicted octanol–water partition coefficient (Wildman–Crippen LogP) is 3.99. The normalized spacial score (nSPS) is 14.8. The van der Waals surface area contributed by atoms with Crippen LogP contribution in [0.3, 0.4) is 0 Å². The van der Waals surface area contributed by atoms with Gasteiger partial charge in [0, 0.05) is 41.4 Å². The molecule has 0 radical (unpaired) electrons. The smallest absolute Gasteiger partial charge is 0.268 e. The van der Waals surface area contributed by atoms with Gasteiger partial charge in [-0.3, -0.25) is 14.2 Å². The fourth-order valence-electron chi connectivity index (χ4n) is 5.23. The minimum atomic E-state index is -0.725. The number of aliphatic hydroxyl groups is 1. The largest absolute Gasteiger partial charge is 0.388 e. The van der Waals surface area contributed by atoms with Gasteiger partial charge in [-0.1, -0.05) is 30.3 Å². The zero-order valence-corrected chi connectivity index (χ0v) is 20.8. The number of para-hydroxylation sites is 1. The van der Waals surface area contributed by atoms with Crippen molar-refractivity contribution in [1.82, 2.24) is 19.1 Å². The minimum Gasteiger partial charge on any atom is -0.388 e. The Balaban J connectivity index is 1.35. The van der Waals surface area contributed by atoms with Crippen molar-refractivity contribution in [3.63, 3.8) is 0 Å². The summed E-state index contributed by atoms with van der Waals surface area (Å²) in [6.45, 7) is 0. The fourth-order valence-corrected chi connectivity index (χ4v) is 5.23. The number of hydrogen-bond donors (Lipinski definition) is 3. The third kappa shape index (κ3) is 3.93. The molecule has 0 saturated carbocycles. The van der Waals surface area contributed by atoms with Crippen molar-refractivity contribution in [1.29, 1.82) is 0 Å². The Morgan fingerprint density at radius 3 is 2.63 bits per heavy atom. The van der Waals surface area contributed by atoms with Crippen LogP contribution in [0, 0.1) is 0 Å². The molecular formula is C29H26N6O3. The molecule has 190 valence electrons. The lowest BCUT2D eigenvalue weighted by molar-refractivity contribution is 0.102. The summed E-state index contributed by atoms with van der Waals surface area (Å²) in [7, 11) is 1.89. The molecule has 1 amide bonds. The number of fused-ring (bicyclic) bond motifs is 2. The van der Waals surface area contributed by atoms with E-state index < -0.39 is 17.6 Å². The number of benzene rings is 2. The van der Waals surface area contributed by atoms with Crippen LogP contribution in [0.25, 0.3) is 27.8 Å². The maximum absolute atomic E-state index is 13.6. The van der Waals surface area contributed by atoms with E-state index in [-0.39, 0.29) is 5.56 Å². The standard InChI is InChI=1S/C29H26N6O3/c1-34-15-22(25-26(30)31-16-32-27(25)34)17-10-12-18(13-11-17)33-28(37)21-14-20-23(8-5-9-24(20)36)35(29(21)38)19-6-3-2-4-7-19/h2-4,6-7,10-16,24,36H,5,8-9H2,1H3,(H,33,37)(H2,30,31,32). The first-order valence-electron chi connectivity index (χ1n) is 12.4. The Kier molecular flexibility index (Phi) is 5.77. The highest BCUT2D eigenvalue weighted by Gasteiger charge is 2.26. The van der Waals surface area contributed by atoms with E-state index in [0.29, 0.717) is 35.6 Å². The van der Waals surface area contributed by atoms with Gasteiger partial charge in [0.1, 0.15) is 23.4 Å². The van der Waals surface area contributed by atoms with Crippen molar-refractivity contribution in [2.24, 2.45) is 7.05 Å². The summed E-state index contributed by atoms with van der Waals surface area (Å²) in [5.74, 6) is -0.136. The van der Waals surface area contributed by atoms with E-state index in [1.54, 1.807) is 22.8 Å². The highest BCUT2D eigenvalue weighted by atomic mass is 16.3. The van der Waals surface area contributed by atoms with E-state index in [1.807, 2.05) is 60.3 Å². The Labute approximate surface area is 218 Å².